The van der Waals surface area contributed by atoms with Crippen molar-refractivity contribution in [2.24, 2.45) is 5.92 Å². The normalized spacial score (nSPS) is 15.0. The van der Waals surface area contributed by atoms with E-state index < -0.39 is 0 Å². The van der Waals surface area contributed by atoms with Gasteiger partial charge in [-0.05, 0) is 55.5 Å². The first kappa shape index (κ1) is 16.7. The zero-order valence-corrected chi connectivity index (χ0v) is 15.1. The number of amides is 1. The maximum absolute atomic E-state index is 13.2. The van der Waals surface area contributed by atoms with Gasteiger partial charge in [0.15, 0.2) is 5.76 Å². The average molecular weight is 349 g/mol. The summed E-state index contributed by atoms with van der Waals surface area (Å²) < 4.78 is 11.0. The van der Waals surface area contributed by atoms with Crippen LogP contribution in [0.1, 0.15) is 35.9 Å². The van der Waals surface area contributed by atoms with Crippen molar-refractivity contribution in [3.05, 3.63) is 65.9 Å². The number of carbonyl (C=O) groups is 1. The summed E-state index contributed by atoms with van der Waals surface area (Å²) in [7, 11) is 1.65. The van der Waals surface area contributed by atoms with E-state index in [1.54, 1.807) is 7.11 Å². The van der Waals surface area contributed by atoms with Crippen LogP contribution in [0.5, 0.6) is 5.75 Å². The van der Waals surface area contributed by atoms with Crippen molar-refractivity contribution in [1.82, 2.24) is 4.90 Å². The number of nitrogens with zero attached hydrogens (tertiary/aromatic N) is 1. The Bertz CT molecular complexity index is 876. The van der Waals surface area contributed by atoms with Gasteiger partial charge in [-0.3, -0.25) is 4.79 Å². The van der Waals surface area contributed by atoms with Gasteiger partial charge >= 0.3 is 0 Å². The number of methoxy groups -OCH3 is 1. The van der Waals surface area contributed by atoms with Crippen LogP contribution in [0, 0.1) is 5.92 Å². The molecule has 26 heavy (non-hydrogen) atoms. The smallest absolute Gasteiger partial charge is 0.290 e. The van der Waals surface area contributed by atoms with Crippen molar-refractivity contribution < 1.29 is 13.9 Å². The monoisotopic (exact) mass is 349 g/mol. The number of furan rings is 1. The molecule has 3 aromatic rings. The number of hydrogen-bond donors (Lipinski definition) is 0. The predicted octanol–water partition coefficient (Wildman–Crippen LogP) is 4.88. The summed E-state index contributed by atoms with van der Waals surface area (Å²) in [4.78, 5) is 15.2. The zero-order chi connectivity index (χ0) is 18.1. The second-order valence-electron chi connectivity index (χ2n) is 7.01. The van der Waals surface area contributed by atoms with E-state index >= 15 is 0 Å². The van der Waals surface area contributed by atoms with Crippen LogP contribution < -0.4 is 4.74 Å². The minimum Gasteiger partial charge on any atom is -0.497 e. The topological polar surface area (TPSA) is 42.7 Å². The van der Waals surface area contributed by atoms with E-state index in [9.17, 15) is 4.79 Å². The van der Waals surface area contributed by atoms with Gasteiger partial charge in [0.2, 0.25) is 0 Å². The van der Waals surface area contributed by atoms with Crippen molar-refractivity contribution in [3.8, 4) is 5.75 Å². The van der Waals surface area contributed by atoms with Crippen LogP contribution in [-0.2, 0) is 6.54 Å². The molecule has 1 aliphatic rings. The summed E-state index contributed by atoms with van der Waals surface area (Å²) in [5, 5.41) is 0.958. The molecule has 4 heteroatoms. The summed E-state index contributed by atoms with van der Waals surface area (Å²) in [6.07, 6.45) is 2.38. The van der Waals surface area contributed by atoms with E-state index in [1.165, 1.54) is 12.8 Å². The largest absolute Gasteiger partial charge is 0.497 e. The van der Waals surface area contributed by atoms with Gasteiger partial charge in [-0.2, -0.15) is 0 Å². The van der Waals surface area contributed by atoms with Gasteiger partial charge in [-0.1, -0.05) is 30.3 Å². The molecular weight excluding hydrogens is 326 g/mol. The van der Waals surface area contributed by atoms with Crippen LogP contribution in [-0.4, -0.2) is 24.0 Å². The molecular formula is C22H23NO3. The van der Waals surface area contributed by atoms with Crippen LogP contribution in [0.4, 0.5) is 0 Å². The molecule has 1 heterocycles. The summed E-state index contributed by atoms with van der Waals surface area (Å²) >= 11 is 0. The molecule has 1 aliphatic carbocycles. The molecule has 2 aromatic carbocycles. The Kier molecular flexibility index (Phi) is 4.41. The van der Waals surface area contributed by atoms with Crippen molar-refractivity contribution >= 4 is 16.9 Å². The summed E-state index contributed by atoms with van der Waals surface area (Å²) in [6, 6.07) is 17.7. The Morgan fingerprint density at radius 2 is 1.92 bits per heavy atom. The molecule has 1 fully saturated rings. The lowest BCUT2D eigenvalue weighted by atomic mass is 10.1. The molecule has 4 nitrogen and oxygen atoms in total. The maximum Gasteiger partial charge on any atom is 0.290 e. The van der Waals surface area contributed by atoms with Gasteiger partial charge < -0.3 is 14.1 Å². The molecule has 1 saturated carbocycles. The highest BCUT2D eigenvalue weighted by molar-refractivity contribution is 5.96. The van der Waals surface area contributed by atoms with E-state index in [2.05, 4.69) is 6.92 Å². The van der Waals surface area contributed by atoms with Gasteiger partial charge in [-0.25, -0.2) is 0 Å². The Morgan fingerprint density at radius 1 is 1.19 bits per heavy atom. The first-order valence-electron chi connectivity index (χ1n) is 9.08. The minimum atomic E-state index is -0.0450. The van der Waals surface area contributed by atoms with Crippen molar-refractivity contribution in [3.63, 3.8) is 0 Å². The van der Waals surface area contributed by atoms with Crippen LogP contribution in [0.15, 0.2) is 59.0 Å². The van der Waals surface area contributed by atoms with Gasteiger partial charge in [0.05, 0.1) is 7.11 Å². The quantitative estimate of drug-likeness (QED) is 0.637. The van der Waals surface area contributed by atoms with Crippen LogP contribution in [0.3, 0.4) is 0 Å². The molecule has 0 N–H and O–H groups in total. The van der Waals surface area contributed by atoms with E-state index in [-0.39, 0.29) is 11.9 Å². The van der Waals surface area contributed by atoms with Crippen molar-refractivity contribution in [2.45, 2.75) is 32.4 Å². The fraction of sp³-hybridized carbons (Fsp3) is 0.318. The number of ether oxygens (including phenoxy) is 1. The Morgan fingerprint density at radius 3 is 2.58 bits per heavy atom. The summed E-state index contributed by atoms with van der Waals surface area (Å²) in [5.74, 6) is 1.77. The molecule has 134 valence electrons. The highest BCUT2D eigenvalue weighted by Gasteiger charge is 2.35. The van der Waals surface area contributed by atoms with Crippen molar-refractivity contribution in [1.29, 1.82) is 0 Å². The number of fused-ring (bicyclic) bond motifs is 1. The summed E-state index contributed by atoms with van der Waals surface area (Å²) in [5.41, 5.74) is 1.84. The highest BCUT2D eigenvalue weighted by atomic mass is 16.5. The van der Waals surface area contributed by atoms with E-state index in [0.29, 0.717) is 18.2 Å². The molecule has 4 rings (SSSR count). The Labute approximate surface area is 153 Å². The second-order valence-corrected chi connectivity index (χ2v) is 7.01. The number of carbonyl (C=O) groups excluding carboxylic acids is 1. The number of hydrogen-bond acceptors (Lipinski definition) is 3. The molecule has 0 saturated heterocycles. The minimum absolute atomic E-state index is 0.0450. The molecule has 0 radical (unpaired) electrons. The molecule has 0 bridgehead atoms. The van der Waals surface area contributed by atoms with E-state index in [4.69, 9.17) is 9.15 Å². The van der Waals surface area contributed by atoms with E-state index in [0.717, 1.165) is 22.3 Å². The SMILES string of the molecule is COc1ccc(CN(C(=O)c2cc3ccccc3o2)[C@H](C)C2CC2)cc1. The van der Waals surface area contributed by atoms with Gasteiger partial charge in [0.25, 0.3) is 5.91 Å². The fourth-order valence-corrected chi connectivity index (χ4v) is 3.39. The molecule has 1 amide bonds. The van der Waals surface area contributed by atoms with Crippen LogP contribution >= 0.6 is 0 Å². The first-order valence-corrected chi connectivity index (χ1v) is 9.08. The molecule has 1 atom stereocenters. The number of benzene rings is 2. The average Bonchev–Trinajstić information content (AvgIpc) is 3.44. The maximum atomic E-state index is 13.2. The molecule has 1 aromatic heterocycles. The second kappa shape index (κ2) is 6.87. The molecule has 0 spiro atoms. The highest BCUT2D eigenvalue weighted by Crippen LogP contribution is 2.36. The fourth-order valence-electron chi connectivity index (χ4n) is 3.39. The summed E-state index contributed by atoms with van der Waals surface area (Å²) in [6.45, 7) is 2.71. The molecule has 0 aliphatic heterocycles. The van der Waals surface area contributed by atoms with Crippen LogP contribution in [0.25, 0.3) is 11.0 Å². The first-order chi connectivity index (χ1) is 12.7. The molecule has 0 unspecified atom stereocenters. The zero-order valence-electron chi connectivity index (χ0n) is 15.1. The predicted molar refractivity (Wildman–Crippen MR) is 101 cm³/mol. The van der Waals surface area contributed by atoms with Crippen LogP contribution in [0.2, 0.25) is 0 Å². The standard InChI is InChI=1S/C22H23NO3/c1-15(17-9-10-17)23(14-16-7-11-19(25-2)12-8-16)22(24)21-13-18-5-3-4-6-20(18)26-21/h3-8,11-13,15,17H,9-10,14H2,1-2H3/t15-/m1/s1. The lowest BCUT2D eigenvalue weighted by Gasteiger charge is -2.29. The van der Waals surface area contributed by atoms with Crippen molar-refractivity contribution in [2.75, 3.05) is 7.11 Å². The number of para-hydroxylation sites is 1. The third-order valence-electron chi connectivity index (χ3n) is 5.20. The van der Waals surface area contributed by atoms with Gasteiger partial charge in [0, 0.05) is 18.0 Å². The lowest BCUT2D eigenvalue weighted by Crippen LogP contribution is -2.39. The third-order valence-corrected chi connectivity index (χ3v) is 5.20. The van der Waals surface area contributed by atoms with Gasteiger partial charge in [0.1, 0.15) is 11.3 Å². The third kappa shape index (κ3) is 3.32. The Hall–Kier alpha value is -2.75. The lowest BCUT2D eigenvalue weighted by molar-refractivity contribution is 0.0624. The number of rotatable bonds is 6. The van der Waals surface area contributed by atoms with E-state index in [1.807, 2.05) is 59.5 Å². The Balaban J connectivity index is 1.62. The van der Waals surface area contributed by atoms with Gasteiger partial charge in [-0.15, -0.1) is 0 Å².